The maximum Gasteiger partial charge on any atom is 0.269 e. The second-order valence-electron chi connectivity index (χ2n) is 7.56. The standard InChI is InChI=1S/C26H20ClN3O2S/c1-17-10-12-18(13-11-17)14-23-25(32)30(21-8-3-2-4-9-21)26(33-23)22(16-28)24(31)29-20-7-5-6-19(27)15-20/h2-13,15,23H,14H2,1H3,(H,29,31)/b26-22-/t23-/m1/s1. The van der Waals surface area contributed by atoms with Gasteiger partial charge in [0.2, 0.25) is 5.91 Å². The molecule has 7 heteroatoms. The number of thioether (sulfide) groups is 1. The van der Waals surface area contributed by atoms with Crippen LogP contribution in [0.25, 0.3) is 0 Å². The van der Waals surface area contributed by atoms with Gasteiger partial charge in [0.05, 0.1) is 5.25 Å². The van der Waals surface area contributed by atoms with Gasteiger partial charge in [-0.2, -0.15) is 5.26 Å². The lowest BCUT2D eigenvalue weighted by Crippen LogP contribution is -2.30. The molecule has 5 nitrogen and oxygen atoms in total. The summed E-state index contributed by atoms with van der Waals surface area (Å²) < 4.78 is 0. The van der Waals surface area contributed by atoms with Crippen molar-refractivity contribution in [3.63, 3.8) is 0 Å². The molecule has 0 aromatic heterocycles. The molecule has 0 saturated carbocycles. The van der Waals surface area contributed by atoms with Crippen LogP contribution in [0.2, 0.25) is 5.02 Å². The predicted molar refractivity (Wildman–Crippen MR) is 133 cm³/mol. The van der Waals surface area contributed by atoms with E-state index in [0.29, 0.717) is 27.8 Å². The second-order valence-corrected chi connectivity index (χ2v) is 9.19. The number of carbonyl (C=O) groups excluding carboxylic acids is 2. The van der Waals surface area contributed by atoms with Crippen LogP contribution < -0.4 is 10.2 Å². The van der Waals surface area contributed by atoms with Crippen LogP contribution in [-0.4, -0.2) is 17.1 Å². The molecular weight excluding hydrogens is 454 g/mol. The lowest BCUT2D eigenvalue weighted by molar-refractivity contribution is -0.117. The Kier molecular flexibility index (Phi) is 6.83. The summed E-state index contributed by atoms with van der Waals surface area (Å²) in [6.07, 6.45) is 0.491. The minimum atomic E-state index is -0.591. The lowest BCUT2D eigenvalue weighted by atomic mass is 10.1. The molecule has 3 aromatic carbocycles. The van der Waals surface area contributed by atoms with Gasteiger partial charge < -0.3 is 5.32 Å². The number of nitrogens with one attached hydrogen (secondary N) is 1. The lowest BCUT2D eigenvalue weighted by Gasteiger charge is -2.18. The Labute approximate surface area is 201 Å². The summed E-state index contributed by atoms with van der Waals surface area (Å²) in [5.74, 6) is -0.753. The van der Waals surface area contributed by atoms with Crippen molar-refractivity contribution in [3.8, 4) is 6.07 Å². The molecule has 1 atom stereocenters. The summed E-state index contributed by atoms with van der Waals surface area (Å²) in [4.78, 5) is 28.0. The third-order valence-electron chi connectivity index (χ3n) is 5.14. The molecule has 1 fully saturated rings. The number of hydrogen-bond acceptors (Lipinski definition) is 4. The molecule has 1 heterocycles. The molecule has 2 amide bonds. The number of benzene rings is 3. The van der Waals surface area contributed by atoms with Crippen LogP contribution in [0.15, 0.2) is 89.5 Å². The van der Waals surface area contributed by atoms with Gasteiger partial charge in [0.1, 0.15) is 16.7 Å². The highest BCUT2D eigenvalue weighted by molar-refractivity contribution is 8.05. The number of rotatable bonds is 5. The highest BCUT2D eigenvalue weighted by atomic mass is 35.5. The van der Waals surface area contributed by atoms with Crippen LogP contribution in [0.5, 0.6) is 0 Å². The molecular formula is C26H20ClN3O2S. The van der Waals surface area contributed by atoms with Gasteiger partial charge in [-0.05, 0) is 49.2 Å². The van der Waals surface area contributed by atoms with E-state index in [1.165, 1.54) is 16.7 Å². The predicted octanol–water partition coefficient (Wildman–Crippen LogP) is 5.71. The van der Waals surface area contributed by atoms with Crippen molar-refractivity contribution < 1.29 is 9.59 Å². The van der Waals surface area contributed by atoms with Gasteiger partial charge in [-0.25, -0.2) is 0 Å². The van der Waals surface area contributed by atoms with Crippen molar-refractivity contribution in [2.45, 2.75) is 18.6 Å². The van der Waals surface area contributed by atoms with Gasteiger partial charge in [-0.3, -0.25) is 14.5 Å². The zero-order valence-corrected chi connectivity index (χ0v) is 19.4. The molecule has 1 aliphatic heterocycles. The summed E-state index contributed by atoms with van der Waals surface area (Å²) in [6, 6.07) is 25.8. The van der Waals surface area contributed by atoms with E-state index in [1.54, 1.807) is 36.4 Å². The van der Waals surface area contributed by atoms with Crippen molar-refractivity contribution in [1.29, 1.82) is 5.26 Å². The Morgan fingerprint density at radius 1 is 1.09 bits per heavy atom. The van der Waals surface area contributed by atoms with Crippen LogP contribution in [0, 0.1) is 18.3 Å². The summed E-state index contributed by atoms with van der Waals surface area (Å²) in [7, 11) is 0. The quantitative estimate of drug-likeness (QED) is 0.380. The topological polar surface area (TPSA) is 73.2 Å². The van der Waals surface area contributed by atoms with Gasteiger partial charge in [-0.1, -0.05) is 77.5 Å². The molecule has 1 aliphatic rings. The van der Waals surface area contributed by atoms with E-state index < -0.39 is 11.2 Å². The largest absolute Gasteiger partial charge is 0.321 e. The van der Waals surface area contributed by atoms with Crippen molar-refractivity contribution in [2.24, 2.45) is 0 Å². The number of aryl methyl sites for hydroxylation is 1. The average Bonchev–Trinajstić information content (AvgIpc) is 3.12. The molecule has 164 valence electrons. The van der Waals surface area contributed by atoms with Crippen molar-refractivity contribution >= 4 is 46.6 Å². The van der Waals surface area contributed by atoms with E-state index >= 15 is 0 Å². The first-order chi connectivity index (χ1) is 16.0. The van der Waals surface area contributed by atoms with Crippen LogP contribution in [0.3, 0.4) is 0 Å². The van der Waals surface area contributed by atoms with E-state index in [0.717, 1.165) is 11.1 Å². The first-order valence-corrected chi connectivity index (χ1v) is 11.5. The molecule has 0 spiro atoms. The first-order valence-electron chi connectivity index (χ1n) is 10.3. The highest BCUT2D eigenvalue weighted by Crippen LogP contribution is 2.42. The zero-order valence-electron chi connectivity index (χ0n) is 17.8. The molecule has 33 heavy (non-hydrogen) atoms. The number of hydrogen-bond donors (Lipinski definition) is 1. The fourth-order valence-electron chi connectivity index (χ4n) is 3.50. The fraction of sp³-hybridized carbons (Fsp3) is 0.115. The molecule has 1 saturated heterocycles. The SMILES string of the molecule is Cc1ccc(C[C@H]2S/C(=C(/C#N)C(=O)Nc3cccc(Cl)c3)N(c3ccccc3)C2=O)cc1. The molecule has 4 rings (SSSR count). The van der Waals surface area contributed by atoms with E-state index in [9.17, 15) is 14.9 Å². The Hall–Kier alpha value is -3.53. The van der Waals surface area contributed by atoms with Gasteiger partial charge in [0, 0.05) is 16.4 Å². The maximum absolute atomic E-state index is 13.4. The van der Waals surface area contributed by atoms with E-state index in [2.05, 4.69) is 5.32 Å². The number of nitriles is 1. The van der Waals surface area contributed by atoms with Crippen LogP contribution in [0.1, 0.15) is 11.1 Å². The molecule has 3 aromatic rings. The highest BCUT2D eigenvalue weighted by Gasteiger charge is 2.40. The number of nitrogens with zero attached hydrogens (tertiary/aromatic N) is 2. The molecule has 0 bridgehead atoms. The van der Waals surface area contributed by atoms with Crippen molar-refractivity contribution in [3.05, 3.63) is 106 Å². The van der Waals surface area contributed by atoms with E-state index in [4.69, 9.17) is 11.6 Å². The Bertz CT molecular complexity index is 1270. The Morgan fingerprint density at radius 2 is 1.82 bits per heavy atom. The van der Waals surface area contributed by atoms with Crippen LogP contribution in [-0.2, 0) is 16.0 Å². The number of anilines is 2. The molecule has 0 unspecified atom stereocenters. The van der Waals surface area contributed by atoms with Crippen LogP contribution in [0.4, 0.5) is 11.4 Å². The first kappa shape index (κ1) is 22.7. The third kappa shape index (κ3) is 5.11. The average molecular weight is 474 g/mol. The smallest absolute Gasteiger partial charge is 0.269 e. The third-order valence-corrected chi connectivity index (χ3v) is 6.64. The minimum Gasteiger partial charge on any atom is -0.321 e. The molecule has 0 radical (unpaired) electrons. The maximum atomic E-state index is 13.4. The normalized spacial score (nSPS) is 16.9. The Balaban J connectivity index is 1.71. The number of halogens is 1. The summed E-state index contributed by atoms with van der Waals surface area (Å²) in [5.41, 5.74) is 3.11. The summed E-state index contributed by atoms with van der Waals surface area (Å²) >= 11 is 7.25. The van der Waals surface area contributed by atoms with Gasteiger partial charge >= 0.3 is 0 Å². The summed E-state index contributed by atoms with van der Waals surface area (Å²) in [6.45, 7) is 2.01. The van der Waals surface area contributed by atoms with Gasteiger partial charge in [0.25, 0.3) is 5.91 Å². The number of amides is 2. The van der Waals surface area contributed by atoms with E-state index in [1.807, 2.05) is 55.5 Å². The monoisotopic (exact) mass is 473 g/mol. The number of carbonyl (C=O) groups is 2. The zero-order chi connectivity index (χ0) is 23.4. The van der Waals surface area contributed by atoms with E-state index in [-0.39, 0.29) is 11.5 Å². The molecule has 1 N–H and O–H groups in total. The second kappa shape index (κ2) is 9.95. The van der Waals surface area contributed by atoms with Crippen molar-refractivity contribution in [2.75, 3.05) is 10.2 Å². The Morgan fingerprint density at radius 3 is 2.48 bits per heavy atom. The summed E-state index contributed by atoms with van der Waals surface area (Å²) in [5, 5.41) is 13.0. The molecule has 0 aliphatic carbocycles. The van der Waals surface area contributed by atoms with Crippen LogP contribution >= 0.6 is 23.4 Å². The van der Waals surface area contributed by atoms with Crippen molar-refractivity contribution in [1.82, 2.24) is 0 Å². The fourth-order valence-corrected chi connectivity index (χ4v) is 5.00. The van der Waals surface area contributed by atoms with Gasteiger partial charge in [0.15, 0.2) is 0 Å². The van der Waals surface area contributed by atoms with Gasteiger partial charge in [-0.15, -0.1) is 0 Å². The minimum absolute atomic E-state index is 0.122. The number of para-hydroxylation sites is 1.